The second-order valence-corrected chi connectivity index (χ2v) is 5.64. The summed E-state index contributed by atoms with van der Waals surface area (Å²) in [6.07, 6.45) is 1.74. The third-order valence-corrected chi connectivity index (χ3v) is 3.83. The summed E-state index contributed by atoms with van der Waals surface area (Å²) in [7, 11) is 2.96. The first kappa shape index (κ1) is 18.6. The Morgan fingerprint density at radius 2 is 2.19 bits per heavy atom. The summed E-state index contributed by atoms with van der Waals surface area (Å²) >= 11 is 0. The van der Waals surface area contributed by atoms with Crippen LogP contribution in [0.25, 0.3) is 23.0 Å². The summed E-state index contributed by atoms with van der Waals surface area (Å²) in [4.78, 5) is 16.3. The van der Waals surface area contributed by atoms with Crippen LogP contribution >= 0.6 is 0 Å². The SMILES string of the molecule is COCCNC(=O)Cn1cccc1-c1nc(-c2ccc(OC)c(F)c2)no1. The summed E-state index contributed by atoms with van der Waals surface area (Å²) < 4.78 is 30.7. The van der Waals surface area contributed by atoms with Gasteiger partial charge in [0.1, 0.15) is 12.2 Å². The van der Waals surface area contributed by atoms with Crippen molar-refractivity contribution >= 4 is 5.91 Å². The Balaban J connectivity index is 1.76. The van der Waals surface area contributed by atoms with Gasteiger partial charge in [-0.2, -0.15) is 4.98 Å². The Morgan fingerprint density at radius 1 is 1.33 bits per heavy atom. The molecule has 0 saturated heterocycles. The molecule has 0 fully saturated rings. The molecule has 1 amide bonds. The molecule has 27 heavy (non-hydrogen) atoms. The molecule has 3 aromatic rings. The Bertz CT molecular complexity index is 922. The number of carbonyl (C=O) groups excluding carboxylic acids is 1. The molecule has 1 N–H and O–H groups in total. The van der Waals surface area contributed by atoms with Crippen LogP contribution in [0.1, 0.15) is 0 Å². The Labute approximate surface area is 154 Å². The molecule has 0 aliphatic heterocycles. The largest absolute Gasteiger partial charge is 0.494 e. The fourth-order valence-electron chi connectivity index (χ4n) is 2.50. The normalized spacial score (nSPS) is 10.8. The van der Waals surface area contributed by atoms with Gasteiger partial charge in [0, 0.05) is 25.4 Å². The third kappa shape index (κ3) is 4.32. The van der Waals surface area contributed by atoms with Gasteiger partial charge in [0.25, 0.3) is 5.89 Å². The number of hydrogen-bond acceptors (Lipinski definition) is 6. The second kappa shape index (κ2) is 8.45. The maximum Gasteiger partial charge on any atom is 0.274 e. The van der Waals surface area contributed by atoms with E-state index in [0.717, 1.165) is 0 Å². The highest BCUT2D eigenvalue weighted by Crippen LogP contribution is 2.26. The fraction of sp³-hybridized carbons (Fsp3) is 0.278. The highest BCUT2D eigenvalue weighted by atomic mass is 19.1. The number of ether oxygens (including phenoxy) is 2. The van der Waals surface area contributed by atoms with E-state index in [1.165, 1.54) is 19.2 Å². The minimum absolute atomic E-state index is 0.0981. The molecule has 0 bridgehead atoms. The molecule has 0 unspecified atom stereocenters. The minimum Gasteiger partial charge on any atom is -0.494 e. The predicted molar refractivity (Wildman–Crippen MR) is 94.6 cm³/mol. The molecule has 0 aliphatic carbocycles. The number of rotatable bonds is 8. The molecule has 142 valence electrons. The van der Waals surface area contributed by atoms with Crippen LogP contribution in [0.5, 0.6) is 5.75 Å². The molecular formula is C18H19FN4O4. The van der Waals surface area contributed by atoms with Crippen LogP contribution < -0.4 is 10.1 Å². The zero-order valence-corrected chi connectivity index (χ0v) is 14.9. The quantitative estimate of drug-likeness (QED) is 0.607. The first-order valence-electron chi connectivity index (χ1n) is 8.21. The van der Waals surface area contributed by atoms with Gasteiger partial charge in [-0.3, -0.25) is 4.79 Å². The van der Waals surface area contributed by atoms with Gasteiger partial charge in [0.15, 0.2) is 11.6 Å². The number of amides is 1. The summed E-state index contributed by atoms with van der Waals surface area (Å²) in [5.74, 6) is -0.0745. The molecule has 0 aliphatic rings. The summed E-state index contributed by atoms with van der Waals surface area (Å²) in [5.41, 5.74) is 1.04. The van der Waals surface area contributed by atoms with E-state index in [1.54, 1.807) is 36.1 Å². The average Bonchev–Trinajstić information content (AvgIpc) is 3.31. The second-order valence-electron chi connectivity index (χ2n) is 5.64. The van der Waals surface area contributed by atoms with Crippen molar-refractivity contribution in [2.24, 2.45) is 0 Å². The van der Waals surface area contributed by atoms with Crippen molar-refractivity contribution in [1.82, 2.24) is 20.0 Å². The maximum atomic E-state index is 13.9. The number of carbonyl (C=O) groups is 1. The molecule has 8 nitrogen and oxygen atoms in total. The van der Waals surface area contributed by atoms with Gasteiger partial charge in [-0.15, -0.1) is 0 Å². The number of benzene rings is 1. The lowest BCUT2D eigenvalue weighted by molar-refractivity contribution is -0.121. The van der Waals surface area contributed by atoms with Crippen molar-refractivity contribution in [3.63, 3.8) is 0 Å². The van der Waals surface area contributed by atoms with Gasteiger partial charge in [0.2, 0.25) is 11.7 Å². The molecule has 3 rings (SSSR count). The molecular weight excluding hydrogens is 355 g/mol. The topological polar surface area (TPSA) is 91.4 Å². The van der Waals surface area contributed by atoms with Gasteiger partial charge < -0.3 is 23.9 Å². The Kier molecular flexibility index (Phi) is 5.82. The number of nitrogens with one attached hydrogen (secondary N) is 1. The zero-order valence-electron chi connectivity index (χ0n) is 14.9. The Hall–Kier alpha value is -3.20. The van der Waals surface area contributed by atoms with E-state index in [1.807, 2.05) is 0 Å². The smallest absolute Gasteiger partial charge is 0.274 e. The van der Waals surface area contributed by atoms with Crippen LogP contribution in [0, 0.1) is 5.82 Å². The van der Waals surface area contributed by atoms with E-state index in [4.69, 9.17) is 14.0 Å². The van der Waals surface area contributed by atoms with Crippen molar-refractivity contribution in [3.05, 3.63) is 42.3 Å². The molecule has 0 atom stereocenters. The zero-order chi connectivity index (χ0) is 19.2. The van der Waals surface area contributed by atoms with Gasteiger partial charge in [-0.1, -0.05) is 5.16 Å². The predicted octanol–water partition coefficient (Wildman–Crippen LogP) is 2.12. The highest BCUT2D eigenvalue weighted by Gasteiger charge is 2.16. The first-order valence-corrected chi connectivity index (χ1v) is 8.21. The van der Waals surface area contributed by atoms with Crippen LogP contribution in [0.2, 0.25) is 0 Å². The average molecular weight is 374 g/mol. The molecule has 0 spiro atoms. The van der Waals surface area contributed by atoms with Crippen LogP contribution in [0.15, 0.2) is 41.1 Å². The summed E-state index contributed by atoms with van der Waals surface area (Å²) in [6.45, 7) is 0.969. The number of halogens is 1. The number of nitrogens with zero attached hydrogens (tertiary/aromatic N) is 3. The first-order chi connectivity index (χ1) is 13.1. The van der Waals surface area contributed by atoms with Gasteiger partial charge in [-0.05, 0) is 30.3 Å². The van der Waals surface area contributed by atoms with E-state index in [-0.39, 0.29) is 29.9 Å². The standard InChI is InChI=1S/C18H19FN4O4/c1-25-9-7-20-16(24)11-23-8-3-4-14(23)18-21-17(22-27-18)12-5-6-15(26-2)13(19)10-12/h3-6,8,10H,7,9,11H2,1-2H3,(H,20,24). The van der Waals surface area contributed by atoms with Crippen molar-refractivity contribution in [1.29, 1.82) is 0 Å². The van der Waals surface area contributed by atoms with E-state index >= 15 is 0 Å². The van der Waals surface area contributed by atoms with Gasteiger partial charge in [-0.25, -0.2) is 4.39 Å². The lowest BCUT2D eigenvalue weighted by Gasteiger charge is -2.07. The van der Waals surface area contributed by atoms with Crippen molar-refractivity contribution in [3.8, 4) is 28.7 Å². The molecule has 0 saturated carbocycles. The van der Waals surface area contributed by atoms with Crippen LogP contribution in [-0.4, -0.2) is 48.0 Å². The number of aromatic nitrogens is 3. The third-order valence-electron chi connectivity index (χ3n) is 3.83. The van der Waals surface area contributed by atoms with Gasteiger partial charge in [0.05, 0.1) is 13.7 Å². The molecule has 1 aromatic carbocycles. The highest BCUT2D eigenvalue weighted by molar-refractivity contribution is 5.76. The minimum atomic E-state index is -0.516. The van der Waals surface area contributed by atoms with Crippen molar-refractivity contribution in [2.75, 3.05) is 27.4 Å². The van der Waals surface area contributed by atoms with Crippen LogP contribution in [0.4, 0.5) is 4.39 Å². The van der Waals surface area contributed by atoms with E-state index in [2.05, 4.69) is 15.5 Å². The molecule has 9 heteroatoms. The summed E-state index contributed by atoms with van der Waals surface area (Å²) in [6, 6.07) is 7.94. The van der Waals surface area contributed by atoms with Crippen LogP contribution in [-0.2, 0) is 16.1 Å². The maximum absolute atomic E-state index is 13.9. The monoisotopic (exact) mass is 374 g/mol. The van der Waals surface area contributed by atoms with E-state index < -0.39 is 5.82 Å². The molecule has 0 radical (unpaired) electrons. The lowest BCUT2D eigenvalue weighted by atomic mass is 10.2. The lowest BCUT2D eigenvalue weighted by Crippen LogP contribution is -2.30. The Morgan fingerprint density at radius 3 is 2.93 bits per heavy atom. The van der Waals surface area contributed by atoms with Crippen LogP contribution in [0.3, 0.4) is 0 Å². The molecule has 2 aromatic heterocycles. The van der Waals surface area contributed by atoms with E-state index in [9.17, 15) is 9.18 Å². The van der Waals surface area contributed by atoms with Gasteiger partial charge >= 0.3 is 0 Å². The number of methoxy groups -OCH3 is 2. The summed E-state index contributed by atoms with van der Waals surface area (Å²) in [5, 5.41) is 6.64. The molecule has 2 heterocycles. The van der Waals surface area contributed by atoms with Crippen molar-refractivity contribution in [2.45, 2.75) is 6.54 Å². The number of hydrogen-bond donors (Lipinski definition) is 1. The van der Waals surface area contributed by atoms with Crippen molar-refractivity contribution < 1.29 is 23.2 Å². The fourth-order valence-corrected chi connectivity index (χ4v) is 2.50. The van der Waals surface area contributed by atoms with E-state index in [0.29, 0.717) is 24.4 Å².